The Labute approximate surface area is 135 Å². The van der Waals surface area contributed by atoms with Gasteiger partial charge >= 0.3 is 0 Å². The molecule has 1 atom stereocenters. The van der Waals surface area contributed by atoms with Gasteiger partial charge in [-0.05, 0) is 25.0 Å². The van der Waals surface area contributed by atoms with Gasteiger partial charge in [0.2, 0.25) is 5.91 Å². The van der Waals surface area contributed by atoms with Gasteiger partial charge < -0.3 is 5.11 Å². The second-order valence-electron chi connectivity index (χ2n) is 5.76. The number of amides is 1. The summed E-state index contributed by atoms with van der Waals surface area (Å²) in [6.45, 7) is 1.81. The third kappa shape index (κ3) is 3.14. The predicted octanol–water partition coefficient (Wildman–Crippen LogP) is 2.47. The van der Waals surface area contributed by atoms with Crippen molar-refractivity contribution in [3.05, 3.63) is 66.0 Å². The second kappa shape index (κ2) is 6.30. The molecule has 118 valence electrons. The Balaban J connectivity index is 1.77. The molecule has 0 radical (unpaired) electrons. The molecule has 1 unspecified atom stereocenters. The fourth-order valence-electron chi connectivity index (χ4n) is 2.81. The van der Waals surface area contributed by atoms with Crippen LogP contribution < -0.4 is 0 Å². The molecule has 2 heterocycles. The summed E-state index contributed by atoms with van der Waals surface area (Å²) in [6, 6.07) is 13.3. The molecular formula is C18H19N3O2. The number of carbonyl (C=O) groups excluding carboxylic acids is 1. The summed E-state index contributed by atoms with van der Waals surface area (Å²) in [5.74, 6) is -0.197. The van der Waals surface area contributed by atoms with Crippen LogP contribution in [0.15, 0.2) is 60.0 Å². The maximum Gasteiger partial charge on any atom is 0.245 e. The number of rotatable bonds is 4. The van der Waals surface area contributed by atoms with Gasteiger partial charge in [0.05, 0.1) is 0 Å². The predicted molar refractivity (Wildman–Crippen MR) is 87.5 cm³/mol. The lowest BCUT2D eigenvalue weighted by molar-refractivity contribution is -0.157. The first-order valence-corrected chi connectivity index (χ1v) is 7.63. The van der Waals surface area contributed by atoms with Gasteiger partial charge in [-0.3, -0.25) is 9.78 Å². The molecule has 0 aliphatic carbocycles. The highest BCUT2D eigenvalue weighted by atomic mass is 16.3. The van der Waals surface area contributed by atoms with Gasteiger partial charge in [0.1, 0.15) is 0 Å². The maximum atomic E-state index is 12.6. The van der Waals surface area contributed by atoms with Crippen molar-refractivity contribution in [3.8, 4) is 0 Å². The monoisotopic (exact) mass is 309 g/mol. The van der Waals surface area contributed by atoms with Crippen LogP contribution in [0.25, 0.3) is 0 Å². The van der Waals surface area contributed by atoms with E-state index in [1.807, 2.05) is 37.3 Å². The molecule has 1 aromatic carbocycles. The lowest BCUT2D eigenvalue weighted by Crippen LogP contribution is -2.43. The molecule has 0 saturated heterocycles. The molecule has 0 saturated carbocycles. The Hall–Kier alpha value is -2.53. The van der Waals surface area contributed by atoms with E-state index in [-0.39, 0.29) is 5.91 Å². The number of hydrogen-bond acceptors (Lipinski definition) is 4. The van der Waals surface area contributed by atoms with E-state index in [0.717, 1.165) is 11.3 Å². The number of aliphatic hydroxyl groups is 1. The zero-order chi connectivity index (χ0) is 16.3. The van der Waals surface area contributed by atoms with Crippen molar-refractivity contribution in [2.24, 2.45) is 5.10 Å². The van der Waals surface area contributed by atoms with Crippen molar-refractivity contribution in [2.75, 3.05) is 0 Å². The minimum atomic E-state index is -1.44. The minimum absolute atomic E-state index is 0.197. The summed E-state index contributed by atoms with van der Waals surface area (Å²) in [7, 11) is 0. The summed E-state index contributed by atoms with van der Waals surface area (Å²) in [5, 5.41) is 16.5. The molecule has 0 bridgehead atoms. The molecule has 1 aliphatic heterocycles. The fourth-order valence-corrected chi connectivity index (χ4v) is 2.81. The highest BCUT2D eigenvalue weighted by Gasteiger charge is 2.44. The second-order valence-corrected chi connectivity index (χ2v) is 5.76. The summed E-state index contributed by atoms with van der Waals surface area (Å²) < 4.78 is 0. The molecule has 1 amide bonds. The molecule has 2 aromatic rings. The van der Waals surface area contributed by atoms with Crippen LogP contribution in [0.5, 0.6) is 0 Å². The number of benzene rings is 1. The molecule has 3 rings (SSSR count). The quantitative estimate of drug-likeness (QED) is 0.943. The summed E-state index contributed by atoms with van der Waals surface area (Å²) in [4.78, 5) is 16.6. The van der Waals surface area contributed by atoms with Crippen molar-refractivity contribution in [1.29, 1.82) is 0 Å². The van der Waals surface area contributed by atoms with E-state index in [2.05, 4.69) is 10.1 Å². The van der Waals surface area contributed by atoms with Gasteiger partial charge in [0.25, 0.3) is 0 Å². The van der Waals surface area contributed by atoms with Gasteiger partial charge in [-0.15, -0.1) is 0 Å². The van der Waals surface area contributed by atoms with Gasteiger partial charge in [-0.1, -0.05) is 36.4 Å². The van der Waals surface area contributed by atoms with Crippen LogP contribution in [0.3, 0.4) is 0 Å². The topological polar surface area (TPSA) is 65.8 Å². The lowest BCUT2D eigenvalue weighted by atomic mass is 9.99. The van der Waals surface area contributed by atoms with E-state index in [0.29, 0.717) is 24.8 Å². The van der Waals surface area contributed by atoms with Crippen LogP contribution >= 0.6 is 0 Å². The van der Waals surface area contributed by atoms with Crippen molar-refractivity contribution in [1.82, 2.24) is 9.99 Å². The molecule has 5 nitrogen and oxygen atoms in total. The minimum Gasteiger partial charge on any atom is -0.365 e. The molecule has 0 fully saturated rings. The van der Waals surface area contributed by atoms with E-state index in [9.17, 15) is 9.90 Å². The molecule has 0 spiro atoms. The lowest BCUT2D eigenvalue weighted by Gasteiger charge is -2.31. The average molecular weight is 309 g/mol. The maximum absolute atomic E-state index is 12.6. The Kier molecular flexibility index (Phi) is 4.21. The smallest absolute Gasteiger partial charge is 0.245 e. The number of carbonyl (C=O) groups is 1. The SMILES string of the molecule is CC1=NN(C(=O)CCc2ccccc2)C(O)(c2cccnc2)C1. The normalized spacial score (nSPS) is 20.4. The molecule has 1 aliphatic rings. The highest BCUT2D eigenvalue weighted by molar-refractivity contribution is 5.89. The number of pyridine rings is 1. The third-order valence-corrected chi connectivity index (χ3v) is 3.95. The largest absolute Gasteiger partial charge is 0.365 e. The van der Waals surface area contributed by atoms with E-state index in [1.165, 1.54) is 5.01 Å². The van der Waals surface area contributed by atoms with Crippen LogP contribution in [0, 0.1) is 0 Å². The first-order valence-electron chi connectivity index (χ1n) is 7.63. The molecule has 23 heavy (non-hydrogen) atoms. The molecular weight excluding hydrogens is 290 g/mol. The summed E-state index contributed by atoms with van der Waals surface area (Å²) in [6.07, 6.45) is 4.43. The highest BCUT2D eigenvalue weighted by Crippen LogP contribution is 2.35. The van der Waals surface area contributed by atoms with E-state index < -0.39 is 5.72 Å². The van der Waals surface area contributed by atoms with Crippen molar-refractivity contribution in [3.63, 3.8) is 0 Å². The van der Waals surface area contributed by atoms with Crippen molar-refractivity contribution >= 4 is 11.6 Å². The molecule has 1 aromatic heterocycles. The van der Waals surface area contributed by atoms with E-state index in [1.54, 1.807) is 24.5 Å². The van der Waals surface area contributed by atoms with Crippen LogP contribution in [0.2, 0.25) is 0 Å². The first kappa shape index (κ1) is 15.4. The number of hydrazone groups is 1. The van der Waals surface area contributed by atoms with Crippen LogP contribution in [-0.2, 0) is 16.9 Å². The molecule has 1 N–H and O–H groups in total. The summed E-state index contributed by atoms with van der Waals surface area (Å²) in [5.41, 5.74) is 0.954. The Morgan fingerprint density at radius 3 is 2.74 bits per heavy atom. The zero-order valence-corrected chi connectivity index (χ0v) is 13.0. The van der Waals surface area contributed by atoms with Crippen LogP contribution in [0.4, 0.5) is 0 Å². The Morgan fingerprint density at radius 2 is 2.04 bits per heavy atom. The summed E-state index contributed by atoms with van der Waals surface area (Å²) >= 11 is 0. The average Bonchev–Trinajstić information content (AvgIpc) is 2.90. The number of aryl methyl sites for hydroxylation is 1. The van der Waals surface area contributed by atoms with E-state index in [4.69, 9.17) is 0 Å². The van der Waals surface area contributed by atoms with E-state index >= 15 is 0 Å². The standard InChI is InChI=1S/C18H19N3O2/c1-14-12-18(23,16-8-5-11-19-13-16)21(20-14)17(22)10-9-15-6-3-2-4-7-15/h2-8,11,13,23H,9-10,12H2,1H3. The van der Waals surface area contributed by atoms with Crippen molar-refractivity contribution in [2.45, 2.75) is 31.9 Å². The number of hydrogen-bond donors (Lipinski definition) is 1. The fraction of sp³-hybridized carbons (Fsp3) is 0.278. The first-order chi connectivity index (χ1) is 11.1. The number of aromatic nitrogens is 1. The Morgan fingerprint density at radius 1 is 1.26 bits per heavy atom. The molecule has 5 heteroatoms. The van der Waals surface area contributed by atoms with Crippen LogP contribution in [-0.4, -0.2) is 26.7 Å². The third-order valence-electron chi connectivity index (χ3n) is 3.95. The number of nitrogens with zero attached hydrogens (tertiary/aromatic N) is 3. The van der Waals surface area contributed by atoms with Gasteiger partial charge in [0, 0.05) is 36.5 Å². The van der Waals surface area contributed by atoms with Gasteiger partial charge in [0.15, 0.2) is 5.72 Å². The Bertz CT molecular complexity index is 716. The zero-order valence-electron chi connectivity index (χ0n) is 13.0. The van der Waals surface area contributed by atoms with Gasteiger partial charge in [-0.25, -0.2) is 0 Å². The van der Waals surface area contributed by atoms with Gasteiger partial charge in [-0.2, -0.15) is 10.1 Å². The van der Waals surface area contributed by atoms with Crippen molar-refractivity contribution < 1.29 is 9.90 Å². The van der Waals surface area contributed by atoms with Crippen LogP contribution in [0.1, 0.15) is 30.9 Å².